The molecule has 1 aromatic heterocycles. The lowest BCUT2D eigenvalue weighted by atomic mass is 9.68. The molecule has 1 aromatic rings. The molecule has 0 radical (unpaired) electrons. The van der Waals surface area contributed by atoms with Gasteiger partial charge in [-0.3, -0.25) is 0 Å². The number of aryl methyl sites for hydroxylation is 1. The van der Waals surface area contributed by atoms with Crippen molar-refractivity contribution in [2.45, 2.75) is 65.3 Å². The summed E-state index contributed by atoms with van der Waals surface area (Å²) in [5.74, 6) is 1.81. The van der Waals surface area contributed by atoms with E-state index in [-0.39, 0.29) is 0 Å². The van der Waals surface area contributed by atoms with Crippen LogP contribution in [0.5, 0.6) is 0 Å². The van der Waals surface area contributed by atoms with Gasteiger partial charge in [0.15, 0.2) is 0 Å². The third-order valence-corrected chi connectivity index (χ3v) is 6.15. The van der Waals surface area contributed by atoms with Crippen LogP contribution in [-0.2, 0) is 6.42 Å². The SMILES string of the molecule is CNC(CCc1cccs1)C1CCC(C(C)(C)C)CC1. The molecule has 0 spiro atoms. The normalized spacial score (nSPS) is 25.6. The Balaban J connectivity index is 1.81. The van der Waals surface area contributed by atoms with Crippen LogP contribution < -0.4 is 5.32 Å². The first-order valence-corrected chi connectivity index (χ1v) is 9.08. The van der Waals surface area contributed by atoms with Crippen LogP contribution in [0.15, 0.2) is 17.5 Å². The topological polar surface area (TPSA) is 12.0 Å². The minimum atomic E-state index is 0.497. The van der Waals surface area contributed by atoms with E-state index in [1.807, 2.05) is 11.3 Å². The first-order valence-electron chi connectivity index (χ1n) is 8.20. The Morgan fingerprint density at radius 2 is 1.95 bits per heavy atom. The predicted octanol–water partition coefficient (Wildman–Crippen LogP) is 5.12. The second-order valence-electron chi connectivity index (χ2n) is 7.49. The van der Waals surface area contributed by atoms with Crippen molar-refractivity contribution in [3.05, 3.63) is 22.4 Å². The lowest BCUT2D eigenvalue weighted by Crippen LogP contribution is -2.37. The monoisotopic (exact) mass is 293 g/mol. The molecule has 1 nitrogen and oxygen atoms in total. The number of thiophene rings is 1. The maximum atomic E-state index is 3.59. The fourth-order valence-corrected chi connectivity index (χ4v) is 4.48. The van der Waals surface area contributed by atoms with E-state index in [4.69, 9.17) is 0 Å². The maximum Gasteiger partial charge on any atom is 0.00957 e. The second kappa shape index (κ2) is 7.09. The quantitative estimate of drug-likeness (QED) is 0.794. The summed E-state index contributed by atoms with van der Waals surface area (Å²) in [5.41, 5.74) is 0.497. The summed E-state index contributed by atoms with van der Waals surface area (Å²) in [7, 11) is 2.15. The van der Waals surface area contributed by atoms with E-state index in [0.717, 1.165) is 11.8 Å². The van der Waals surface area contributed by atoms with Crippen molar-refractivity contribution in [3.63, 3.8) is 0 Å². The van der Waals surface area contributed by atoms with Gasteiger partial charge in [0, 0.05) is 10.9 Å². The Labute approximate surface area is 129 Å². The number of hydrogen-bond donors (Lipinski definition) is 1. The first-order chi connectivity index (χ1) is 9.50. The summed E-state index contributed by atoms with van der Waals surface area (Å²) >= 11 is 1.90. The Hall–Kier alpha value is -0.340. The molecule has 0 bridgehead atoms. The van der Waals surface area contributed by atoms with Gasteiger partial charge in [-0.05, 0) is 74.3 Å². The molecule has 1 heterocycles. The molecule has 0 aliphatic heterocycles. The smallest absolute Gasteiger partial charge is 0.00957 e. The molecule has 2 rings (SSSR count). The Morgan fingerprint density at radius 1 is 1.25 bits per heavy atom. The van der Waals surface area contributed by atoms with Gasteiger partial charge in [-0.25, -0.2) is 0 Å². The molecule has 20 heavy (non-hydrogen) atoms. The van der Waals surface area contributed by atoms with Crippen molar-refractivity contribution in [2.24, 2.45) is 17.3 Å². The summed E-state index contributed by atoms with van der Waals surface area (Å²) in [4.78, 5) is 1.54. The van der Waals surface area contributed by atoms with Gasteiger partial charge >= 0.3 is 0 Å². The minimum absolute atomic E-state index is 0.497. The molecule has 1 aliphatic rings. The lowest BCUT2D eigenvalue weighted by Gasteiger charge is -2.39. The Morgan fingerprint density at radius 3 is 2.45 bits per heavy atom. The molecule has 1 saturated carbocycles. The molecule has 2 heteroatoms. The average molecular weight is 294 g/mol. The fourth-order valence-electron chi connectivity index (χ4n) is 3.76. The van der Waals surface area contributed by atoms with E-state index in [0.29, 0.717) is 11.5 Å². The van der Waals surface area contributed by atoms with Crippen LogP contribution in [0.25, 0.3) is 0 Å². The van der Waals surface area contributed by atoms with Crippen molar-refractivity contribution in [1.29, 1.82) is 0 Å². The van der Waals surface area contributed by atoms with Crippen molar-refractivity contribution in [3.8, 4) is 0 Å². The van der Waals surface area contributed by atoms with Gasteiger partial charge in [-0.15, -0.1) is 11.3 Å². The van der Waals surface area contributed by atoms with E-state index < -0.39 is 0 Å². The number of nitrogens with one attached hydrogen (secondary N) is 1. The van der Waals surface area contributed by atoms with Crippen LogP contribution in [-0.4, -0.2) is 13.1 Å². The van der Waals surface area contributed by atoms with Crippen molar-refractivity contribution in [2.75, 3.05) is 7.05 Å². The van der Waals surface area contributed by atoms with Gasteiger partial charge in [-0.1, -0.05) is 26.8 Å². The van der Waals surface area contributed by atoms with Crippen LogP contribution in [0.2, 0.25) is 0 Å². The third kappa shape index (κ3) is 4.33. The molecule has 0 saturated heterocycles. The van der Waals surface area contributed by atoms with Gasteiger partial charge in [0.2, 0.25) is 0 Å². The summed E-state index contributed by atoms with van der Waals surface area (Å²) in [6.07, 6.45) is 8.21. The number of hydrogen-bond acceptors (Lipinski definition) is 2. The molecule has 0 amide bonds. The van der Waals surface area contributed by atoms with Crippen LogP contribution in [0.4, 0.5) is 0 Å². The highest BCUT2D eigenvalue weighted by molar-refractivity contribution is 7.09. The van der Waals surface area contributed by atoms with E-state index in [9.17, 15) is 0 Å². The first kappa shape index (κ1) is 16.0. The van der Waals surface area contributed by atoms with E-state index >= 15 is 0 Å². The van der Waals surface area contributed by atoms with Gasteiger partial charge in [0.1, 0.15) is 0 Å². The van der Waals surface area contributed by atoms with E-state index in [1.165, 1.54) is 43.4 Å². The summed E-state index contributed by atoms with van der Waals surface area (Å²) in [6.45, 7) is 7.22. The van der Waals surface area contributed by atoms with Crippen LogP contribution in [0.1, 0.15) is 57.8 Å². The highest BCUT2D eigenvalue weighted by Crippen LogP contribution is 2.41. The van der Waals surface area contributed by atoms with Gasteiger partial charge in [0.05, 0.1) is 0 Å². The summed E-state index contributed by atoms with van der Waals surface area (Å²) in [5, 5.41) is 5.79. The molecule has 1 fully saturated rings. The highest BCUT2D eigenvalue weighted by atomic mass is 32.1. The molecule has 114 valence electrons. The van der Waals surface area contributed by atoms with Crippen molar-refractivity contribution in [1.82, 2.24) is 5.32 Å². The summed E-state index contributed by atoms with van der Waals surface area (Å²) in [6, 6.07) is 5.15. The van der Waals surface area contributed by atoms with E-state index in [1.54, 1.807) is 0 Å². The summed E-state index contributed by atoms with van der Waals surface area (Å²) < 4.78 is 0. The maximum absolute atomic E-state index is 3.59. The largest absolute Gasteiger partial charge is 0.317 e. The van der Waals surface area contributed by atoms with Gasteiger partial charge in [0.25, 0.3) is 0 Å². The number of rotatable bonds is 5. The molecule has 0 aromatic carbocycles. The van der Waals surface area contributed by atoms with Gasteiger partial charge < -0.3 is 5.32 Å². The molecular weight excluding hydrogens is 262 g/mol. The lowest BCUT2D eigenvalue weighted by molar-refractivity contribution is 0.132. The third-order valence-electron chi connectivity index (χ3n) is 5.22. The van der Waals surface area contributed by atoms with Crippen molar-refractivity contribution < 1.29 is 0 Å². The molecular formula is C18H31NS. The Kier molecular flexibility index (Phi) is 5.68. The van der Waals surface area contributed by atoms with Gasteiger partial charge in [-0.2, -0.15) is 0 Å². The highest BCUT2D eigenvalue weighted by Gasteiger charge is 2.32. The van der Waals surface area contributed by atoms with Crippen LogP contribution >= 0.6 is 11.3 Å². The van der Waals surface area contributed by atoms with E-state index in [2.05, 4.69) is 50.6 Å². The standard InChI is InChI=1S/C18H31NS/c1-18(2,3)15-9-7-14(8-10-15)17(19-4)12-11-16-6-5-13-20-16/h5-6,13-15,17,19H,7-12H2,1-4H3. The van der Waals surface area contributed by atoms with Crippen LogP contribution in [0.3, 0.4) is 0 Å². The minimum Gasteiger partial charge on any atom is -0.317 e. The molecule has 1 N–H and O–H groups in total. The zero-order valence-corrected chi connectivity index (χ0v) is 14.4. The van der Waals surface area contributed by atoms with Crippen molar-refractivity contribution >= 4 is 11.3 Å². The predicted molar refractivity (Wildman–Crippen MR) is 90.4 cm³/mol. The zero-order valence-electron chi connectivity index (χ0n) is 13.6. The second-order valence-corrected chi connectivity index (χ2v) is 8.52. The molecule has 1 unspecified atom stereocenters. The molecule has 1 atom stereocenters. The zero-order chi connectivity index (χ0) is 14.6. The fraction of sp³-hybridized carbons (Fsp3) is 0.778. The molecule has 1 aliphatic carbocycles. The van der Waals surface area contributed by atoms with Crippen LogP contribution in [0, 0.1) is 17.3 Å². The average Bonchev–Trinajstić information content (AvgIpc) is 2.92. The Bertz CT molecular complexity index is 369.